The van der Waals surface area contributed by atoms with Gasteiger partial charge >= 0.3 is 6.18 Å². The second-order valence-electron chi connectivity index (χ2n) is 10.7. The smallest absolute Gasteiger partial charge is 0.393 e. The van der Waals surface area contributed by atoms with Crippen LogP contribution in [-0.2, 0) is 16.4 Å². The Morgan fingerprint density at radius 2 is 1.83 bits per heavy atom. The van der Waals surface area contributed by atoms with Crippen LogP contribution in [0, 0.1) is 11.8 Å². The molecule has 4 heterocycles. The molecule has 1 aromatic carbocycles. The fourth-order valence-electron chi connectivity index (χ4n) is 5.25. The molecule has 9 nitrogen and oxygen atoms in total. The van der Waals surface area contributed by atoms with Gasteiger partial charge in [0.05, 0.1) is 47.2 Å². The molecular weight excluding hydrogens is 571 g/mol. The number of nitrogens with one attached hydrogen (secondary N) is 2. The maximum Gasteiger partial charge on any atom is 0.406 e. The molecule has 3 aromatic rings. The summed E-state index contributed by atoms with van der Waals surface area (Å²) < 4.78 is 65.2. The van der Waals surface area contributed by atoms with E-state index in [1.807, 2.05) is 0 Å². The number of fused-ring (bicyclic) bond motifs is 1. The van der Waals surface area contributed by atoms with Gasteiger partial charge in [0.15, 0.2) is 0 Å². The van der Waals surface area contributed by atoms with E-state index in [2.05, 4.69) is 27.5 Å². The van der Waals surface area contributed by atoms with Crippen molar-refractivity contribution < 1.29 is 31.5 Å². The highest BCUT2D eigenvalue weighted by Crippen LogP contribution is 2.31. The minimum atomic E-state index is -4.46. The van der Waals surface area contributed by atoms with Crippen LogP contribution >= 0.6 is 0 Å². The summed E-state index contributed by atoms with van der Waals surface area (Å²) in [7, 11) is -3.04. The molecule has 0 spiro atoms. The van der Waals surface area contributed by atoms with Gasteiger partial charge in [-0.2, -0.15) is 13.2 Å². The SMILES string of the molecule is O=C(c1ccc(NCC#Cc2cc3c(NC4CCS(=O)(=O)CC4)cccc3n2CC(F)(F)F)cn1)N1CCC(O)CC1. The van der Waals surface area contributed by atoms with Gasteiger partial charge in [-0.3, -0.25) is 4.79 Å². The lowest BCUT2D eigenvalue weighted by molar-refractivity contribution is -0.140. The second-order valence-corrected chi connectivity index (χ2v) is 13.0. The number of amides is 1. The van der Waals surface area contributed by atoms with Gasteiger partial charge in [0.2, 0.25) is 0 Å². The maximum atomic E-state index is 13.5. The number of hydrogen-bond donors (Lipinski definition) is 3. The van der Waals surface area contributed by atoms with E-state index in [9.17, 15) is 31.5 Å². The van der Waals surface area contributed by atoms with Crippen LogP contribution < -0.4 is 10.6 Å². The van der Waals surface area contributed by atoms with Crippen molar-refractivity contribution in [1.29, 1.82) is 0 Å². The van der Waals surface area contributed by atoms with Gasteiger partial charge in [-0.1, -0.05) is 12.0 Å². The summed E-state index contributed by atoms with van der Waals surface area (Å²) in [6, 6.07) is 9.88. The Morgan fingerprint density at radius 3 is 2.50 bits per heavy atom. The number of hydrogen-bond acceptors (Lipinski definition) is 7. The molecule has 2 aliphatic heterocycles. The number of anilines is 2. The van der Waals surface area contributed by atoms with E-state index in [1.165, 1.54) is 6.20 Å². The van der Waals surface area contributed by atoms with Crippen LogP contribution in [0.5, 0.6) is 0 Å². The average Bonchev–Trinajstić information content (AvgIpc) is 3.29. The molecule has 3 N–H and O–H groups in total. The molecule has 0 saturated carbocycles. The number of rotatable bonds is 6. The largest absolute Gasteiger partial charge is 0.406 e. The van der Waals surface area contributed by atoms with E-state index in [0.29, 0.717) is 66.7 Å². The first-order chi connectivity index (χ1) is 20.0. The molecule has 2 aromatic heterocycles. The van der Waals surface area contributed by atoms with Crippen molar-refractivity contribution >= 4 is 38.0 Å². The summed E-state index contributed by atoms with van der Waals surface area (Å²) in [5.41, 5.74) is 2.12. The minimum absolute atomic E-state index is 0.0808. The Labute approximate surface area is 242 Å². The van der Waals surface area contributed by atoms with Gasteiger partial charge in [0.25, 0.3) is 5.91 Å². The average molecular weight is 604 g/mol. The van der Waals surface area contributed by atoms with Crippen LogP contribution in [0.25, 0.3) is 10.9 Å². The maximum absolute atomic E-state index is 13.5. The first-order valence-corrected chi connectivity index (χ1v) is 15.6. The predicted octanol–water partition coefficient (Wildman–Crippen LogP) is 3.65. The zero-order valence-corrected chi connectivity index (χ0v) is 23.6. The third-order valence-electron chi connectivity index (χ3n) is 7.53. The number of halogens is 3. The van der Waals surface area contributed by atoms with Gasteiger partial charge in [-0.05, 0) is 61.9 Å². The van der Waals surface area contributed by atoms with Crippen LogP contribution in [0.3, 0.4) is 0 Å². The van der Waals surface area contributed by atoms with Crippen LogP contribution in [0.2, 0.25) is 0 Å². The van der Waals surface area contributed by atoms with E-state index in [0.717, 1.165) is 4.57 Å². The summed E-state index contributed by atoms with van der Waals surface area (Å²) in [5, 5.41) is 16.6. The van der Waals surface area contributed by atoms with Gasteiger partial charge in [0, 0.05) is 30.2 Å². The standard InChI is InChI=1S/C29H32F3N5O4S/c30-29(31,32)19-37-22(17-24-25(4-1-5-27(24)37)35-20-10-15-42(40,41)16-11-20)3-2-12-33-21-6-7-26(34-18-21)28(39)36-13-8-23(38)9-14-36/h1,4-7,17-18,20,23,33,35,38H,8-16,19H2. The number of aliphatic hydroxyl groups is 1. The highest BCUT2D eigenvalue weighted by Gasteiger charge is 2.30. The zero-order valence-electron chi connectivity index (χ0n) is 22.8. The lowest BCUT2D eigenvalue weighted by Crippen LogP contribution is -2.40. The molecule has 224 valence electrons. The van der Waals surface area contributed by atoms with Crippen molar-refractivity contribution in [3.8, 4) is 11.8 Å². The van der Waals surface area contributed by atoms with Crippen molar-refractivity contribution in [3.63, 3.8) is 0 Å². The molecule has 2 aliphatic rings. The summed E-state index contributed by atoms with van der Waals surface area (Å²) in [5.74, 6) is 5.69. The Morgan fingerprint density at radius 1 is 1.10 bits per heavy atom. The van der Waals surface area contributed by atoms with E-state index in [-0.39, 0.29) is 41.8 Å². The number of benzene rings is 1. The Kier molecular flexibility index (Phi) is 8.65. The second kappa shape index (κ2) is 12.2. The Bertz CT molecular complexity index is 1590. The van der Waals surface area contributed by atoms with Gasteiger partial charge in [-0.15, -0.1) is 0 Å². The Balaban J connectivity index is 1.28. The van der Waals surface area contributed by atoms with E-state index < -0.39 is 22.6 Å². The molecule has 0 unspecified atom stereocenters. The first kappa shape index (κ1) is 29.7. The summed E-state index contributed by atoms with van der Waals surface area (Å²) >= 11 is 0. The number of piperidine rings is 1. The van der Waals surface area contributed by atoms with E-state index in [4.69, 9.17) is 0 Å². The molecule has 0 atom stereocenters. The number of carbonyl (C=O) groups excluding carboxylic acids is 1. The van der Waals surface area contributed by atoms with Crippen LogP contribution in [0.4, 0.5) is 24.5 Å². The van der Waals surface area contributed by atoms with Gasteiger partial charge in [0.1, 0.15) is 22.1 Å². The van der Waals surface area contributed by atoms with E-state index in [1.54, 1.807) is 41.3 Å². The summed E-state index contributed by atoms with van der Waals surface area (Å²) in [4.78, 5) is 18.5. The number of aromatic nitrogens is 2. The lowest BCUT2D eigenvalue weighted by atomic mass is 10.1. The molecule has 0 aliphatic carbocycles. The van der Waals surface area contributed by atoms with Crippen molar-refractivity contribution in [2.75, 3.05) is 41.8 Å². The lowest BCUT2D eigenvalue weighted by Gasteiger charge is -2.29. The fourth-order valence-corrected chi connectivity index (χ4v) is 6.75. The molecule has 42 heavy (non-hydrogen) atoms. The normalized spacial score (nSPS) is 18.0. The van der Waals surface area contributed by atoms with Crippen LogP contribution in [0.1, 0.15) is 41.9 Å². The van der Waals surface area contributed by atoms with Crippen LogP contribution in [-0.4, -0.2) is 83.3 Å². The number of nitrogens with zero attached hydrogens (tertiary/aromatic N) is 3. The number of alkyl halides is 3. The van der Waals surface area contributed by atoms with Crippen molar-refractivity contribution in [2.24, 2.45) is 0 Å². The predicted molar refractivity (Wildman–Crippen MR) is 154 cm³/mol. The first-order valence-electron chi connectivity index (χ1n) is 13.8. The summed E-state index contributed by atoms with van der Waals surface area (Å²) in [6.45, 7) is -0.113. The number of sulfone groups is 1. The molecule has 5 rings (SSSR count). The van der Waals surface area contributed by atoms with Crippen LogP contribution in [0.15, 0.2) is 42.6 Å². The topological polar surface area (TPSA) is 117 Å². The highest BCUT2D eigenvalue weighted by molar-refractivity contribution is 7.91. The molecule has 13 heteroatoms. The summed E-state index contributed by atoms with van der Waals surface area (Å²) in [6.07, 6.45) is -1.39. The van der Waals surface area contributed by atoms with Crippen molar-refractivity contribution in [1.82, 2.24) is 14.5 Å². The van der Waals surface area contributed by atoms with Crippen molar-refractivity contribution in [3.05, 3.63) is 54.0 Å². The molecular formula is C29H32F3N5O4S. The van der Waals surface area contributed by atoms with Gasteiger partial charge in [-0.25, -0.2) is 13.4 Å². The molecule has 2 saturated heterocycles. The zero-order chi connectivity index (χ0) is 29.9. The molecule has 0 radical (unpaired) electrons. The third kappa shape index (κ3) is 7.35. The Hall–Kier alpha value is -3.76. The van der Waals surface area contributed by atoms with E-state index >= 15 is 0 Å². The van der Waals surface area contributed by atoms with Gasteiger partial charge < -0.3 is 25.2 Å². The number of pyridine rings is 1. The monoisotopic (exact) mass is 603 g/mol. The number of carbonyl (C=O) groups is 1. The highest BCUT2D eigenvalue weighted by atomic mass is 32.2. The molecule has 2 fully saturated rings. The number of likely N-dealkylation sites (tertiary alicyclic amines) is 1. The fraction of sp³-hybridized carbons (Fsp3) is 0.448. The third-order valence-corrected chi connectivity index (χ3v) is 9.24. The minimum Gasteiger partial charge on any atom is -0.393 e. The number of aliphatic hydroxyl groups excluding tert-OH is 1. The quantitative estimate of drug-likeness (QED) is 0.369. The molecule has 0 bridgehead atoms. The van der Waals surface area contributed by atoms with Crippen molar-refractivity contribution in [2.45, 2.75) is 50.6 Å². The molecule has 1 amide bonds.